The van der Waals surface area contributed by atoms with Gasteiger partial charge in [-0.3, -0.25) is 9.89 Å². The van der Waals surface area contributed by atoms with Gasteiger partial charge in [-0.2, -0.15) is 10.2 Å². The minimum absolute atomic E-state index is 0.279. The number of hydrazone groups is 1. The number of aromatic amines is 1. The highest BCUT2D eigenvalue weighted by molar-refractivity contribution is 5.94. The van der Waals surface area contributed by atoms with Crippen LogP contribution in [0.5, 0.6) is 5.75 Å². The monoisotopic (exact) mass is 468 g/mol. The third-order valence-electron chi connectivity index (χ3n) is 5.19. The molecule has 8 heteroatoms. The maximum absolute atomic E-state index is 12.4. The highest BCUT2D eigenvalue weighted by Gasteiger charge is 2.11. The second-order valence-corrected chi connectivity index (χ2v) is 7.59. The van der Waals surface area contributed by atoms with Crippen LogP contribution in [0, 0.1) is 0 Å². The van der Waals surface area contributed by atoms with Crippen molar-refractivity contribution in [3.63, 3.8) is 0 Å². The number of carbonyl (C=O) groups is 2. The summed E-state index contributed by atoms with van der Waals surface area (Å²) >= 11 is 0. The molecule has 0 aliphatic rings. The van der Waals surface area contributed by atoms with Crippen molar-refractivity contribution in [2.75, 3.05) is 13.7 Å². The van der Waals surface area contributed by atoms with E-state index in [4.69, 9.17) is 4.74 Å². The van der Waals surface area contributed by atoms with Crippen LogP contribution in [0.15, 0.2) is 90.0 Å². The summed E-state index contributed by atoms with van der Waals surface area (Å²) in [5.41, 5.74) is 6.60. The zero-order valence-electron chi connectivity index (χ0n) is 19.1. The summed E-state index contributed by atoms with van der Waals surface area (Å²) in [5.74, 6) is -0.0683. The molecular formula is C27H24N4O4. The molecule has 1 amide bonds. The van der Waals surface area contributed by atoms with Crippen LogP contribution in [0.4, 0.5) is 0 Å². The normalized spacial score (nSPS) is 10.8. The number of hydrogen-bond donors (Lipinski definition) is 2. The molecule has 0 bridgehead atoms. The molecule has 8 nitrogen and oxygen atoms in total. The molecule has 176 valence electrons. The van der Waals surface area contributed by atoms with Gasteiger partial charge in [-0.25, -0.2) is 10.2 Å². The van der Waals surface area contributed by atoms with E-state index in [1.807, 2.05) is 42.5 Å². The van der Waals surface area contributed by atoms with Crippen LogP contribution < -0.4 is 10.2 Å². The Balaban J connectivity index is 1.29. The molecule has 0 saturated carbocycles. The summed E-state index contributed by atoms with van der Waals surface area (Å²) in [6.07, 6.45) is 2.31. The average Bonchev–Trinajstić information content (AvgIpc) is 3.40. The van der Waals surface area contributed by atoms with E-state index < -0.39 is 11.9 Å². The Morgan fingerprint density at radius 2 is 1.74 bits per heavy atom. The van der Waals surface area contributed by atoms with Crippen LogP contribution >= 0.6 is 0 Å². The zero-order chi connectivity index (χ0) is 24.5. The number of methoxy groups -OCH3 is 1. The molecule has 0 spiro atoms. The Morgan fingerprint density at radius 3 is 2.46 bits per heavy atom. The van der Waals surface area contributed by atoms with Gasteiger partial charge >= 0.3 is 5.97 Å². The number of ether oxygens (including phenoxy) is 2. The molecule has 0 aliphatic carbocycles. The standard InChI is InChI=1S/C27H24N4O4/c1-34-27(33)22-9-7-20(8-10-22)18-28-31-26(32)25-17-24(29-30-25)21-11-13-23(14-12-21)35-16-15-19-5-3-2-4-6-19/h2-14,17-18H,15-16H2,1H3,(H,29,30)(H,31,32)/b28-18+. The van der Waals surface area contributed by atoms with E-state index in [0.717, 1.165) is 17.7 Å². The maximum atomic E-state index is 12.4. The Hall–Kier alpha value is -4.72. The number of esters is 1. The highest BCUT2D eigenvalue weighted by atomic mass is 16.5. The molecule has 35 heavy (non-hydrogen) atoms. The fourth-order valence-corrected chi connectivity index (χ4v) is 3.29. The van der Waals surface area contributed by atoms with E-state index in [1.54, 1.807) is 30.3 Å². The molecule has 1 aromatic heterocycles. The van der Waals surface area contributed by atoms with Crippen molar-refractivity contribution in [2.45, 2.75) is 6.42 Å². The van der Waals surface area contributed by atoms with Crippen molar-refractivity contribution in [1.29, 1.82) is 0 Å². The van der Waals surface area contributed by atoms with Gasteiger partial charge in [0.1, 0.15) is 11.4 Å². The van der Waals surface area contributed by atoms with Crippen molar-refractivity contribution in [2.24, 2.45) is 5.10 Å². The van der Waals surface area contributed by atoms with Gasteiger partial charge in [-0.15, -0.1) is 0 Å². The third-order valence-corrected chi connectivity index (χ3v) is 5.19. The average molecular weight is 469 g/mol. The van der Waals surface area contributed by atoms with Crippen molar-refractivity contribution in [1.82, 2.24) is 15.6 Å². The molecule has 0 atom stereocenters. The first-order chi connectivity index (χ1) is 17.1. The molecule has 4 rings (SSSR count). The largest absolute Gasteiger partial charge is 0.493 e. The van der Waals surface area contributed by atoms with Gasteiger partial charge in [-0.1, -0.05) is 42.5 Å². The number of amides is 1. The lowest BCUT2D eigenvalue weighted by Crippen LogP contribution is -2.18. The molecule has 1 heterocycles. The number of H-pyrrole nitrogens is 1. The summed E-state index contributed by atoms with van der Waals surface area (Å²) in [4.78, 5) is 23.8. The minimum atomic E-state index is -0.424. The number of aromatic nitrogens is 2. The van der Waals surface area contributed by atoms with E-state index in [-0.39, 0.29) is 5.69 Å². The highest BCUT2D eigenvalue weighted by Crippen LogP contribution is 2.21. The van der Waals surface area contributed by atoms with Crippen LogP contribution in [0.2, 0.25) is 0 Å². The van der Waals surface area contributed by atoms with Crippen LogP contribution in [-0.2, 0) is 11.2 Å². The first-order valence-corrected chi connectivity index (χ1v) is 11.0. The molecule has 0 unspecified atom stereocenters. The number of nitrogens with one attached hydrogen (secondary N) is 2. The van der Waals surface area contributed by atoms with Gasteiger partial charge in [0, 0.05) is 12.0 Å². The van der Waals surface area contributed by atoms with Gasteiger partial charge < -0.3 is 9.47 Å². The second kappa shape index (κ2) is 11.4. The van der Waals surface area contributed by atoms with E-state index in [1.165, 1.54) is 18.9 Å². The molecule has 0 aliphatic heterocycles. The molecule has 0 radical (unpaired) electrons. The number of hydrogen-bond acceptors (Lipinski definition) is 6. The lowest BCUT2D eigenvalue weighted by molar-refractivity contribution is 0.0600. The summed E-state index contributed by atoms with van der Waals surface area (Å²) in [6, 6.07) is 26.0. The summed E-state index contributed by atoms with van der Waals surface area (Å²) in [6.45, 7) is 0.589. The molecule has 0 fully saturated rings. The molecule has 0 saturated heterocycles. The van der Waals surface area contributed by atoms with Crippen LogP contribution in [0.1, 0.15) is 32.0 Å². The molecule has 3 aromatic carbocycles. The maximum Gasteiger partial charge on any atom is 0.337 e. The van der Waals surface area contributed by atoms with E-state index >= 15 is 0 Å². The van der Waals surface area contributed by atoms with Gasteiger partial charge in [-0.05, 0) is 53.6 Å². The first kappa shape index (κ1) is 23.4. The van der Waals surface area contributed by atoms with Crippen molar-refractivity contribution < 1.29 is 19.1 Å². The fraction of sp³-hybridized carbons (Fsp3) is 0.111. The van der Waals surface area contributed by atoms with Crippen LogP contribution in [0.3, 0.4) is 0 Å². The topological polar surface area (TPSA) is 106 Å². The van der Waals surface area contributed by atoms with Gasteiger partial charge in [0.2, 0.25) is 0 Å². The Morgan fingerprint density at radius 1 is 1.00 bits per heavy atom. The molecule has 4 aromatic rings. The number of rotatable bonds is 9. The van der Waals surface area contributed by atoms with Crippen molar-refractivity contribution in [3.05, 3.63) is 107 Å². The lowest BCUT2D eigenvalue weighted by atomic mass is 10.1. The van der Waals surface area contributed by atoms with E-state index in [0.29, 0.717) is 23.4 Å². The molecule has 2 N–H and O–H groups in total. The summed E-state index contributed by atoms with van der Waals surface area (Å²) in [7, 11) is 1.33. The number of nitrogens with zero attached hydrogens (tertiary/aromatic N) is 2. The second-order valence-electron chi connectivity index (χ2n) is 7.59. The summed E-state index contributed by atoms with van der Waals surface area (Å²) < 4.78 is 10.5. The van der Waals surface area contributed by atoms with E-state index in [2.05, 4.69) is 37.6 Å². The van der Waals surface area contributed by atoms with E-state index in [9.17, 15) is 9.59 Å². The van der Waals surface area contributed by atoms with Crippen molar-refractivity contribution >= 4 is 18.1 Å². The third kappa shape index (κ3) is 6.42. The predicted molar refractivity (Wildman–Crippen MR) is 133 cm³/mol. The van der Waals surface area contributed by atoms with Crippen LogP contribution in [0.25, 0.3) is 11.3 Å². The Bertz CT molecular complexity index is 1300. The summed E-state index contributed by atoms with van der Waals surface area (Å²) in [5, 5.41) is 10.9. The lowest BCUT2D eigenvalue weighted by Gasteiger charge is -2.06. The first-order valence-electron chi connectivity index (χ1n) is 11.0. The SMILES string of the molecule is COC(=O)c1ccc(/C=N/NC(=O)c2cc(-c3ccc(OCCc4ccccc4)cc3)n[nH]2)cc1. The fourth-order valence-electron chi connectivity index (χ4n) is 3.29. The Kier molecular flexibility index (Phi) is 7.65. The smallest absolute Gasteiger partial charge is 0.337 e. The van der Waals surface area contributed by atoms with Crippen molar-refractivity contribution in [3.8, 4) is 17.0 Å². The number of carbonyl (C=O) groups excluding carboxylic acids is 2. The zero-order valence-corrected chi connectivity index (χ0v) is 19.1. The predicted octanol–water partition coefficient (Wildman–Crippen LogP) is 4.25. The van der Waals surface area contributed by atoms with Gasteiger partial charge in [0.15, 0.2) is 0 Å². The minimum Gasteiger partial charge on any atom is -0.493 e. The van der Waals surface area contributed by atoms with Crippen LogP contribution in [-0.4, -0.2) is 42.0 Å². The van der Waals surface area contributed by atoms with Gasteiger partial charge in [0.25, 0.3) is 5.91 Å². The Labute approximate surface area is 202 Å². The quantitative estimate of drug-likeness (QED) is 0.217. The number of benzene rings is 3. The van der Waals surface area contributed by atoms with Gasteiger partial charge in [0.05, 0.1) is 31.2 Å². The molecular weight excluding hydrogens is 444 g/mol.